The molecule has 0 bridgehead atoms. The lowest BCUT2D eigenvalue weighted by Crippen LogP contribution is -2.10. The second-order valence-corrected chi connectivity index (χ2v) is 4.49. The van der Waals surface area contributed by atoms with Crippen LogP contribution in [0.3, 0.4) is 0 Å². The van der Waals surface area contributed by atoms with Gasteiger partial charge in [0.2, 0.25) is 0 Å². The van der Waals surface area contributed by atoms with Gasteiger partial charge in [0.25, 0.3) is 0 Å². The van der Waals surface area contributed by atoms with E-state index >= 15 is 0 Å². The van der Waals surface area contributed by atoms with Crippen LogP contribution in [0.4, 0.5) is 0 Å². The molecule has 0 amide bonds. The van der Waals surface area contributed by atoms with Crippen LogP contribution in [0.2, 0.25) is 0 Å². The van der Waals surface area contributed by atoms with Crippen LogP contribution in [-0.2, 0) is 4.74 Å². The molecule has 90 valence electrons. The average Bonchev–Trinajstić information content (AvgIpc) is 2.93. The molecule has 1 aliphatic rings. The minimum atomic E-state index is -0.266. The normalized spacial score (nSPS) is 26.3. The van der Waals surface area contributed by atoms with Gasteiger partial charge in [-0.05, 0) is 26.3 Å². The molecule has 4 atom stereocenters. The van der Waals surface area contributed by atoms with Crippen molar-refractivity contribution < 1.29 is 9.84 Å². The molecule has 2 nitrogen and oxygen atoms in total. The van der Waals surface area contributed by atoms with E-state index in [2.05, 4.69) is 13.8 Å². The molecule has 1 aromatic rings. The van der Waals surface area contributed by atoms with E-state index in [-0.39, 0.29) is 12.0 Å². The molecule has 16 heavy (non-hydrogen) atoms. The molecular weight excluding hydrogens is 200 g/mol. The van der Waals surface area contributed by atoms with Crippen LogP contribution in [0.1, 0.15) is 39.2 Å². The van der Waals surface area contributed by atoms with Crippen molar-refractivity contribution in [3.05, 3.63) is 35.9 Å². The fourth-order valence-corrected chi connectivity index (χ4v) is 1.33. The molecule has 0 spiro atoms. The van der Waals surface area contributed by atoms with Gasteiger partial charge in [-0.15, -0.1) is 0 Å². The van der Waals surface area contributed by atoms with Gasteiger partial charge in [0.1, 0.15) is 0 Å². The molecule has 1 saturated heterocycles. The lowest BCUT2D eigenvalue weighted by atomic mass is 9.97. The molecular formula is C14H22O2. The van der Waals surface area contributed by atoms with E-state index in [4.69, 9.17) is 4.74 Å². The summed E-state index contributed by atoms with van der Waals surface area (Å²) < 4.78 is 4.92. The first-order valence-electron chi connectivity index (χ1n) is 5.91. The largest absolute Gasteiger partial charge is 0.393 e. The number of ether oxygens (including phenoxy) is 1. The van der Waals surface area contributed by atoms with E-state index in [1.54, 1.807) is 0 Å². The monoisotopic (exact) mass is 222 g/mol. The maximum absolute atomic E-state index is 9.27. The van der Waals surface area contributed by atoms with E-state index in [9.17, 15) is 5.11 Å². The van der Waals surface area contributed by atoms with Crippen LogP contribution in [-0.4, -0.2) is 23.4 Å². The predicted molar refractivity (Wildman–Crippen MR) is 66.5 cm³/mol. The number of hydrogen-bond acceptors (Lipinski definition) is 2. The van der Waals surface area contributed by atoms with Crippen LogP contribution in [0, 0.1) is 0 Å². The first kappa shape index (κ1) is 13.2. The van der Waals surface area contributed by atoms with Crippen molar-refractivity contribution in [2.75, 3.05) is 0 Å². The predicted octanol–water partition coefficient (Wildman–Crippen LogP) is 2.96. The highest BCUT2D eigenvalue weighted by atomic mass is 16.6. The molecule has 1 aromatic carbocycles. The van der Waals surface area contributed by atoms with Crippen molar-refractivity contribution in [3.8, 4) is 0 Å². The Morgan fingerprint density at radius 3 is 1.81 bits per heavy atom. The van der Waals surface area contributed by atoms with Gasteiger partial charge < -0.3 is 9.84 Å². The van der Waals surface area contributed by atoms with Crippen LogP contribution in [0.25, 0.3) is 0 Å². The summed E-state index contributed by atoms with van der Waals surface area (Å²) in [5.41, 5.74) is 1.20. The van der Waals surface area contributed by atoms with Crippen LogP contribution in [0.5, 0.6) is 0 Å². The van der Waals surface area contributed by atoms with Crippen molar-refractivity contribution >= 4 is 0 Å². The Morgan fingerprint density at radius 2 is 1.50 bits per heavy atom. The topological polar surface area (TPSA) is 32.8 Å². The minimum absolute atomic E-state index is 0.233. The number of hydrogen-bond donors (Lipinski definition) is 1. The summed E-state index contributed by atoms with van der Waals surface area (Å²) >= 11 is 0. The zero-order chi connectivity index (χ0) is 12.1. The summed E-state index contributed by atoms with van der Waals surface area (Å²) in [6.07, 6.45) is 0.836. The zero-order valence-corrected chi connectivity index (χ0v) is 10.6. The number of aliphatic hydroxyl groups excluding tert-OH is 1. The lowest BCUT2D eigenvalue weighted by molar-refractivity contribution is 0.169. The van der Waals surface area contributed by atoms with E-state index < -0.39 is 0 Å². The van der Waals surface area contributed by atoms with E-state index in [0.29, 0.717) is 12.2 Å². The molecule has 0 aliphatic carbocycles. The Balaban J connectivity index is 0.000000212. The molecule has 1 fully saturated rings. The van der Waals surface area contributed by atoms with Crippen molar-refractivity contribution in [1.29, 1.82) is 0 Å². The van der Waals surface area contributed by atoms with Crippen LogP contribution < -0.4 is 0 Å². The second kappa shape index (κ2) is 6.02. The lowest BCUT2D eigenvalue weighted by Gasteiger charge is -2.14. The summed E-state index contributed by atoms with van der Waals surface area (Å²) in [5.74, 6) is 0.233. The van der Waals surface area contributed by atoms with Crippen molar-refractivity contribution in [2.24, 2.45) is 0 Å². The third-order valence-electron chi connectivity index (χ3n) is 3.06. The molecule has 1 N–H and O–H groups in total. The van der Waals surface area contributed by atoms with Gasteiger partial charge in [0, 0.05) is 5.92 Å². The van der Waals surface area contributed by atoms with Gasteiger partial charge in [-0.3, -0.25) is 0 Å². The summed E-state index contributed by atoms with van der Waals surface area (Å²) in [4.78, 5) is 0. The maximum Gasteiger partial charge on any atom is 0.0811 e. The standard InChI is InChI=1S/C10H14O.C4H8O/c1-8(9(2)11)10-6-4-3-5-7-10;1-3-4(2)5-3/h3-9,11H,1-2H3;3-4H,1-2H3/t8-,9+;3-,4-/m10/s1. The summed E-state index contributed by atoms with van der Waals surface area (Å²) in [6, 6.07) is 10.1. The number of epoxide rings is 1. The van der Waals surface area contributed by atoms with Gasteiger partial charge in [-0.1, -0.05) is 37.3 Å². The van der Waals surface area contributed by atoms with Crippen LogP contribution in [0.15, 0.2) is 30.3 Å². The molecule has 0 aromatic heterocycles. The van der Waals surface area contributed by atoms with Crippen LogP contribution >= 0.6 is 0 Å². The molecule has 1 heterocycles. The Hall–Kier alpha value is -0.860. The first-order valence-corrected chi connectivity index (χ1v) is 5.91. The summed E-state index contributed by atoms with van der Waals surface area (Å²) in [5, 5.41) is 9.27. The van der Waals surface area contributed by atoms with Gasteiger partial charge in [0.15, 0.2) is 0 Å². The van der Waals surface area contributed by atoms with E-state index in [0.717, 1.165) is 0 Å². The molecule has 2 rings (SSSR count). The quantitative estimate of drug-likeness (QED) is 0.780. The fourth-order valence-electron chi connectivity index (χ4n) is 1.33. The highest BCUT2D eigenvalue weighted by molar-refractivity contribution is 5.19. The fraction of sp³-hybridized carbons (Fsp3) is 0.571. The van der Waals surface area contributed by atoms with E-state index in [1.165, 1.54) is 5.56 Å². The second-order valence-electron chi connectivity index (χ2n) is 4.49. The van der Waals surface area contributed by atoms with Gasteiger partial charge in [-0.2, -0.15) is 0 Å². The molecule has 1 aliphatic heterocycles. The smallest absolute Gasteiger partial charge is 0.0811 e. The van der Waals surface area contributed by atoms with Crippen molar-refractivity contribution in [1.82, 2.24) is 0 Å². The molecule has 0 unspecified atom stereocenters. The maximum atomic E-state index is 9.27. The number of benzene rings is 1. The Labute approximate surface area is 98.3 Å². The highest BCUT2D eigenvalue weighted by Crippen LogP contribution is 2.18. The first-order chi connectivity index (χ1) is 7.52. The molecule has 2 heteroatoms. The Kier molecular flexibility index (Phi) is 4.97. The Bertz CT molecular complexity index is 289. The van der Waals surface area contributed by atoms with Crippen molar-refractivity contribution in [2.45, 2.75) is 51.9 Å². The summed E-state index contributed by atoms with van der Waals surface area (Å²) in [6.45, 7) is 7.99. The third-order valence-corrected chi connectivity index (χ3v) is 3.06. The molecule has 0 radical (unpaired) electrons. The Morgan fingerprint density at radius 1 is 1.06 bits per heavy atom. The van der Waals surface area contributed by atoms with Crippen molar-refractivity contribution in [3.63, 3.8) is 0 Å². The number of aliphatic hydroxyl groups is 1. The average molecular weight is 222 g/mol. The van der Waals surface area contributed by atoms with E-state index in [1.807, 2.05) is 44.2 Å². The molecule has 0 saturated carbocycles. The number of rotatable bonds is 2. The van der Waals surface area contributed by atoms with Gasteiger partial charge >= 0.3 is 0 Å². The van der Waals surface area contributed by atoms with Gasteiger partial charge in [-0.25, -0.2) is 0 Å². The minimum Gasteiger partial charge on any atom is -0.393 e. The third kappa shape index (κ3) is 4.33. The zero-order valence-electron chi connectivity index (χ0n) is 10.6. The highest BCUT2D eigenvalue weighted by Gasteiger charge is 2.27. The van der Waals surface area contributed by atoms with Gasteiger partial charge in [0.05, 0.1) is 18.3 Å². The summed E-state index contributed by atoms with van der Waals surface area (Å²) in [7, 11) is 0. The SMILES string of the molecule is C[C@@H]1O[C@H]1C.C[C@H](O)[C@@H](C)c1ccccc1.